The van der Waals surface area contributed by atoms with Gasteiger partial charge < -0.3 is 5.32 Å². The van der Waals surface area contributed by atoms with E-state index in [1.54, 1.807) is 0 Å². The van der Waals surface area contributed by atoms with Crippen LogP contribution in [0.1, 0.15) is 37.8 Å². The van der Waals surface area contributed by atoms with E-state index in [2.05, 4.69) is 26.3 Å². The van der Waals surface area contributed by atoms with E-state index in [1.807, 2.05) is 17.9 Å². The molecule has 0 unspecified atom stereocenters. The number of aromatic nitrogens is 2. The van der Waals surface area contributed by atoms with Gasteiger partial charge in [-0.3, -0.25) is 4.68 Å². The lowest BCUT2D eigenvalue weighted by Crippen LogP contribution is -2.24. The highest BCUT2D eigenvalue weighted by Crippen LogP contribution is 2.23. The second kappa shape index (κ2) is 5.82. The molecule has 4 heteroatoms. The quantitative estimate of drug-likeness (QED) is 0.922. The van der Waals surface area contributed by atoms with E-state index in [0.717, 1.165) is 29.2 Å². The van der Waals surface area contributed by atoms with E-state index in [9.17, 15) is 0 Å². The van der Waals surface area contributed by atoms with Crippen LogP contribution in [0.2, 0.25) is 0 Å². The topological polar surface area (TPSA) is 29.9 Å². The normalized spacial score (nSPS) is 17.9. The van der Waals surface area contributed by atoms with Crippen molar-refractivity contribution in [2.75, 3.05) is 6.54 Å². The first-order valence-corrected chi connectivity index (χ1v) is 6.94. The van der Waals surface area contributed by atoms with Gasteiger partial charge >= 0.3 is 0 Å². The fraction of sp³-hybridized carbons (Fsp3) is 0.750. The molecule has 0 atom stereocenters. The number of rotatable bonds is 4. The van der Waals surface area contributed by atoms with Gasteiger partial charge in [0.1, 0.15) is 0 Å². The van der Waals surface area contributed by atoms with E-state index in [0.29, 0.717) is 0 Å². The predicted molar refractivity (Wildman–Crippen MR) is 69.2 cm³/mol. The monoisotopic (exact) mass is 285 g/mol. The molecular formula is C12H20BrN3. The molecule has 16 heavy (non-hydrogen) atoms. The van der Waals surface area contributed by atoms with Crippen LogP contribution in [0.3, 0.4) is 0 Å². The fourth-order valence-electron chi connectivity index (χ4n) is 2.41. The number of halogens is 1. The molecule has 0 amide bonds. The molecule has 2 rings (SSSR count). The molecule has 3 nitrogen and oxygen atoms in total. The maximum Gasteiger partial charge on any atom is 0.0904 e. The van der Waals surface area contributed by atoms with Crippen molar-refractivity contribution >= 4 is 15.9 Å². The van der Waals surface area contributed by atoms with Crippen LogP contribution < -0.4 is 5.32 Å². The predicted octanol–water partition coefficient (Wildman–Crippen LogP) is 2.85. The maximum absolute atomic E-state index is 4.40. The van der Waals surface area contributed by atoms with Crippen molar-refractivity contribution in [1.82, 2.24) is 15.1 Å². The lowest BCUT2D eigenvalue weighted by molar-refractivity contribution is 0.341. The molecular weight excluding hydrogens is 266 g/mol. The minimum Gasteiger partial charge on any atom is -0.311 e. The zero-order valence-electron chi connectivity index (χ0n) is 9.88. The lowest BCUT2D eigenvalue weighted by atomic mass is 9.89. The highest BCUT2D eigenvalue weighted by Gasteiger charge is 2.13. The molecule has 0 saturated heterocycles. The van der Waals surface area contributed by atoms with Crippen molar-refractivity contribution in [2.45, 2.75) is 38.6 Å². The molecule has 1 aliphatic carbocycles. The summed E-state index contributed by atoms with van der Waals surface area (Å²) >= 11 is 3.52. The molecule has 0 spiro atoms. The van der Waals surface area contributed by atoms with Gasteiger partial charge in [-0.1, -0.05) is 19.3 Å². The van der Waals surface area contributed by atoms with Crippen LogP contribution >= 0.6 is 15.9 Å². The zero-order valence-corrected chi connectivity index (χ0v) is 11.5. The molecule has 1 aliphatic rings. The minimum atomic E-state index is 0.873. The molecule has 1 aromatic heterocycles. The van der Waals surface area contributed by atoms with Crippen molar-refractivity contribution in [3.05, 3.63) is 16.4 Å². The van der Waals surface area contributed by atoms with Gasteiger partial charge in [0, 0.05) is 19.8 Å². The van der Waals surface area contributed by atoms with E-state index < -0.39 is 0 Å². The van der Waals surface area contributed by atoms with Gasteiger partial charge in [0.05, 0.1) is 10.2 Å². The van der Waals surface area contributed by atoms with Gasteiger partial charge in [-0.15, -0.1) is 0 Å². The van der Waals surface area contributed by atoms with Crippen LogP contribution in [0.25, 0.3) is 0 Å². The number of hydrogen-bond donors (Lipinski definition) is 1. The third-order valence-corrected chi connectivity index (χ3v) is 3.97. The van der Waals surface area contributed by atoms with Crippen molar-refractivity contribution in [3.63, 3.8) is 0 Å². The molecule has 90 valence electrons. The van der Waals surface area contributed by atoms with Crippen molar-refractivity contribution in [3.8, 4) is 0 Å². The number of aryl methyl sites for hydroxylation is 1. The van der Waals surface area contributed by atoms with Gasteiger partial charge in [-0.05, 0) is 41.2 Å². The largest absolute Gasteiger partial charge is 0.311 e. The van der Waals surface area contributed by atoms with Gasteiger partial charge in [0.15, 0.2) is 0 Å². The highest BCUT2D eigenvalue weighted by molar-refractivity contribution is 9.10. The Bertz CT molecular complexity index is 329. The Morgan fingerprint density at radius 1 is 1.44 bits per heavy atom. The summed E-state index contributed by atoms with van der Waals surface area (Å²) in [6, 6.07) is 0. The molecule has 0 bridgehead atoms. The summed E-state index contributed by atoms with van der Waals surface area (Å²) in [7, 11) is 1.95. The van der Waals surface area contributed by atoms with Gasteiger partial charge in [0.25, 0.3) is 0 Å². The third kappa shape index (κ3) is 3.32. The minimum absolute atomic E-state index is 0.873. The van der Waals surface area contributed by atoms with Crippen LogP contribution in [-0.4, -0.2) is 16.3 Å². The Hall–Kier alpha value is -0.350. The Kier molecular flexibility index (Phi) is 4.41. The van der Waals surface area contributed by atoms with Crippen molar-refractivity contribution < 1.29 is 0 Å². The number of nitrogens with zero attached hydrogens (tertiary/aromatic N) is 2. The van der Waals surface area contributed by atoms with Crippen molar-refractivity contribution in [1.29, 1.82) is 0 Å². The molecule has 1 heterocycles. The first-order valence-electron chi connectivity index (χ1n) is 6.14. The highest BCUT2D eigenvalue weighted by atomic mass is 79.9. The molecule has 0 radical (unpaired) electrons. The van der Waals surface area contributed by atoms with Crippen molar-refractivity contribution in [2.24, 2.45) is 13.0 Å². The molecule has 1 saturated carbocycles. The van der Waals surface area contributed by atoms with E-state index in [4.69, 9.17) is 0 Å². The summed E-state index contributed by atoms with van der Waals surface area (Å²) in [5.41, 5.74) is 1.11. The van der Waals surface area contributed by atoms with Gasteiger partial charge in [-0.25, -0.2) is 0 Å². The average molecular weight is 286 g/mol. The molecule has 1 fully saturated rings. The smallest absolute Gasteiger partial charge is 0.0904 e. The second-order valence-corrected chi connectivity index (χ2v) is 5.59. The second-order valence-electron chi connectivity index (χ2n) is 4.73. The summed E-state index contributed by atoms with van der Waals surface area (Å²) in [6.07, 6.45) is 9.06. The first kappa shape index (κ1) is 12.1. The summed E-state index contributed by atoms with van der Waals surface area (Å²) in [5, 5.41) is 7.92. The number of nitrogens with one attached hydrogen (secondary N) is 1. The van der Waals surface area contributed by atoms with E-state index in [1.165, 1.54) is 32.1 Å². The Balaban J connectivity index is 1.73. The Morgan fingerprint density at radius 2 is 2.19 bits per heavy atom. The van der Waals surface area contributed by atoms with E-state index in [-0.39, 0.29) is 0 Å². The Labute approximate surface area is 106 Å². The zero-order chi connectivity index (χ0) is 11.4. The Morgan fingerprint density at radius 3 is 2.81 bits per heavy atom. The van der Waals surface area contributed by atoms with Gasteiger partial charge in [-0.2, -0.15) is 5.10 Å². The summed E-state index contributed by atoms with van der Waals surface area (Å²) in [5.74, 6) is 0.885. The molecule has 0 aliphatic heterocycles. The summed E-state index contributed by atoms with van der Waals surface area (Å²) < 4.78 is 2.95. The summed E-state index contributed by atoms with van der Waals surface area (Å²) in [4.78, 5) is 0. The first-order chi connectivity index (χ1) is 7.75. The molecule has 1 N–H and O–H groups in total. The molecule has 0 aromatic carbocycles. The fourth-order valence-corrected chi connectivity index (χ4v) is 2.93. The molecule has 1 aromatic rings. The number of hydrogen-bond acceptors (Lipinski definition) is 2. The van der Waals surface area contributed by atoms with Crippen LogP contribution in [0.4, 0.5) is 0 Å². The van der Waals surface area contributed by atoms with E-state index >= 15 is 0 Å². The van der Waals surface area contributed by atoms with Crippen LogP contribution in [0, 0.1) is 5.92 Å². The lowest BCUT2D eigenvalue weighted by Gasteiger charge is -2.21. The van der Waals surface area contributed by atoms with Crippen LogP contribution in [0.15, 0.2) is 10.7 Å². The SMILES string of the molecule is Cn1cc(Br)c(CNCC2CCCCC2)n1. The average Bonchev–Trinajstić information content (AvgIpc) is 2.59. The standard InChI is InChI=1S/C12H20BrN3/c1-16-9-11(13)12(15-16)8-14-7-10-5-3-2-4-6-10/h9-10,14H,2-8H2,1H3. The van der Waals surface area contributed by atoms with Gasteiger partial charge in [0.2, 0.25) is 0 Å². The third-order valence-electron chi connectivity index (χ3n) is 3.30. The van der Waals surface area contributed by atoms with Crippen LogP contribution in [-0.2, 0) is 13.6 Å². The summed E-state index contributed by atoms with van der Waals surface area (Å²) in [6.45, 7) is 2.01. The van der Waals surface area contributed by atoms with Crippen LogP contribution in [0.5, 0.6) is 0 Å². The maximum atomic E-state index is 4.40.